The first-order chi connectivity index (χ1) is 9.25. The maximum Gasteiger partial charge on any atom is 0.162 e. The maximum atomic E-state index is 11.9. The minimum Gasteiger partial charge on any atom is -0.357 e. The molecule has 3 aromatic rings. The Kier molecular flexibility index (Phi) is 2.92. The Bertz CT molecular complexity index is 725. The predicted octanol–water partition coefficient (Wildman–Crippen LogP) is 3.96. The van der Waals surface area contributed by atoms with Gasteiger partial charge in [0.25, 0.3) is 0 Å². The Hall–Kier alpha value is -2.35. The third-order valence-corrected chi connectivity index (χ3v) is 3.36. The zero-order valence-corrected chi connectivity index (χ0v) is 10.8. The summed E-state index contributed by atoms with van der Waals surface area (Å²) in [5, 5.41) is 1.01. The quantitative estimate of drug-likeness (QED) is 0.700. The number of carbonyl (C=O) groups is 1. The molecule has 0 spiro atoms. The van der Waals surface area contributed by atoms with Gasteiger partial charge in [0.05, 0.1) is 0 Å². The van der Waals surface area contributed by atoms with E-state index in [1.165, 1.54) is 5.56 Å². The molecule has 0 amide bonds. The molecule has 0 aliphatic heterocycles. The van der Waals surface area contributed by atoms with Gasteiger partial charge in [-0.25, -0.2) is 0 Å². The highest BCUT2D eigenvalue weighted by Crippen LogP contribution is 2.24. The van der Waals surface area contributed by atoms with Crippen LogP contribution < -0.4 is 0 Å². The number of H-pyrrole nitrogens is 1. The maximum absolute atomic E-state index is 11.9. The first-order valence-corrected chi connectivity index (χ1v) is 6.40. The van der Waals surface area contributed by atoms with Crippen LogP contribution in [0.1, 0.15) is 28.5 Å². The number of aromatic nitrogens is 1. The van der Waals surface area contributed by atoms with E-state index < -0.39 is 0 Å². The Labute approximate surface area is 112 Å². The van der Waals surface area contributed by atoms with E-state index in [1.54, 1.807) is 6.92 Å². The molecule has 2 aromatic carbocycles. The molecule has 0 aliphatic rings. The van der Waals surface area contributed by atoms with E-state index in [0.717, 1.165) is 28.6 Å². The summed E-state index contributed by atoms with van der Waals surface area (Å²) in [6.45, 7) is 1.63. The minimum absolute atomic E-state index is 0.114. The molecule has 0 saturated carbocycles. The van der Waals surface area contributed by atoms with Crippen LogP contribution in [-0.4, -0.2) is 10.8 Å². The SMILES string of the molecule is CC(=O)c1c(Cc2ccccc2)[nH]c2ccccc12. The lowest BCUT2D eigenvalue weighted by atomic mass is 10.0. The fourth-order valence-electron chi connectivity index (χ4n) is 2.53. The van der Waals surface area contributed by atoms with E-state index in [0.29, 0.717) is 0 Å². The van der Waals surface area contributed by atoms with Crippen molar-refractivity contribution >= 4 is 16.7 Å². The van der Waals surface area contributed by atoms with E-state index in [2.05, 4.69) is 17.1 Å². The van der Waals surface area contributed by atoms with Crippen LogP contribution in [0.4, 0.5) is 0 Å². The number of benzene rings is 2. The summed E-state index contributed by atoms with van der Waals surface area (Å²) in [5.74, 6) is 0.114. The summed E-state index contributed by atoms with van der Waals surface area (Å²) in [4.78, 5) is 15.3. The second-order valence-corrected chi connectivity index (χ2v) is 4.74. The van der Waals surface area contributed by atoms with Gasteiger partial charge in [-0.15, -0.1) is 0 Å². The zero-order chi connectivity index (χ0) is 13.2. The number of hydrogen-bond acceptors (Lipinski definition) is 1. The number of carbonyl (C=O) groups excluding carboxylic acids is 1. The summed E-state index contributed by atoms with van der Waals surface area (Å²) in [6.07, 6.45) is 0.754. The van der Waals surface area contributed by atoms with Crippen molar-refractivity contribution in [2.75, 3.05) is 0 Å². The van der Waals surface area contributed by atoms with Gasteiger partial charge in [-0.3, -0.25) is 4.79 Å². The molecular formula is C17H15NO. The van der Waals surface area contributed by atoms with Gasteiger partial charge < -0.3 is 4.98 Å². The van der Waals surface area contributed by atoms with Crippen LogP contribution >= 0.6 is 0 Å². The highest BCUT2D eigenvalue weighted by atomic mass is 16.1. The number of hydrogen-bond donors (Lipinski definition) is 1. The summed E-state index contributed by atoms with van der Waals surface area (Å²) in [6, 6.07) is 18.2. The molecule has 1 heterocycles. The lowest BCUT2D eigenvalue weighted by molar-refractivity contribution is 0.101. The number of aromatic amines is 1. The average Bonchev–Trinajstić information content (AvgIpc) is 2.77. The normalized spacial score (nSPS) is 10.8. The molecular weight excluding hydrogens is 234 g/mol. The number of Topliss-reactive ketones (excluding diaryl/α,β-unsaturated/α-hetero) is 1. The summed E-state index contributed by atoms with van der Waals surface area (Å²) in [5.41, 5.74) is 4.05. The first-order valence-electron chi connectivity index (χ1n) is 6.40. The molecule has 1 N–H and O–H groups in total. The molecule has 94 valence electrons. The molecule has 0 fully saturated rings. The minimum atomic E-state index is 0.114. The van der Waals surface area contributed by atoms with Crippen LogP contribution in [0.3, 0.4) is 0 Å². The molecule has 0 saturated heterocycles. The molecule has 0 aliphatic carbocycles. The van der Waals surface area contributed by atoms with Crippen molar-refractivity contribution in [2.24, 2.45) is 0 Å². The fourth-order valence-corrected chi connectivity index (χ4v) is 2.53. The van der Waals surface area contributed by atoms with Crippen LogP contribution in [0, 0.1) is 0 Å². The second-order valence-electron chi connectivity index (χ2n) is 4.74. The second kappa shape index (κ2) is 4.73. The van der Waals surface area contributed by atoms with Gasteiger partial charge in [0, 0.05) is 28.6 Å². The summed E-state index contributed by atoms with van der Waals surface area (Å²) < 4.78 is 0. The van der Waals surface area contributed by atoms with Gasteiger partial charge in [0.1, 0.15) is 0 Å². The van der Waals surface area contributed by atoms with Gasteiger partial charge in [0.2, 0.25) is 0 Å². The summed E-state index contributed by atoms with van der Waals surface area (Å²) >= 11 is 0. The van der Waals surface area contributed by atoms with E-state index in [-0.39, 0.29) is 5.78 Å². The van der Waals surface area contributed by atoms with Crippen LogP contribution in [0.2, 0.25) is 0 Å². The largest absolute Gasteiger partial charge is 0.357 e. The molecule has 3 rings (SSSR count). The Morgan fingerprint density at radius 2 is 1.68 bits per heavy atom. The van der Waals surface area contributed by atoms with Crippen molar-refractivity contribution in [1.82, 2.24) is 4.98 Å². The predicted molar refractivity (Wildman–Crippen MR) is 77.6 cm³/mol. The molecule has 0 atom stereocenters. The lowest BCUT2D eigenvalue weighted by Gasteiger charge is -2.02. The third-order valence-electron chi connectivity index (χ3n) is 3.36. The fraction of sp³-hybridized carbons (Fsp3) is 0.118. The van der Waals surface area contributed by atoms with Gasteiger partial charge in [-0.1, -0.05) is 48.5 Å². The monoisotopic (exact) mass is 249 g/mol. The molecule has 1 aromatic heterocycles. The standard InChI is InChI=1S/C17H15NO/c1-12(19)17-14-9-5-6-10-15(14)18-16(17)11-13-7-3-2-4-8-13/h2-10,18H,11H2,1H3. The van der Waals surface area contributed by atoms with E-state index in [1.807, 2.05) is 42.5 Å². The van der Waals surface area contributed by atoms with E-state index in [4.69, 9.17) is 0 Å². The summed E-state index contributed by atoms with van der Waals surface area (Å²) in [7, 11) is 0. The van der Waals surface area contributed by atoms with Gasteiger partial charge in [0.15, 0.2) is 5.78 Å². The number of nitrogens with one attached hydrogen (secondary N) is 1. The van der Waals surface area contributed by atoms with Crippen molar-refractivity contribution in [3.63, 3.8) is 0 Å². The van der Waals surface area contributed by atoms with Crippen LogP contribution in [-0.2, 0) is 6.42 Å². The van der Waals surface area contributed by atoms with Gasteiger partial charge in [-0.2, -0.15) is 0 Å². The van der Waals surface area contributed by atoms with Crippen molar-refractivity contribution in [2.45, 2.75) is 13.3 Å². The third kappa shape index (κ3) is 2.17. The van der Waals surface area contributed by atoms with Crippen LogP contribution in [0.15, 0.2) is 54.6 Å². The molecule has 0 unspecified atom stereocenters. The average molecular weight is 249 g/mol. The molecule has 0 bridgehead atoms. The van der Waals surface area contributed by atoms with Gasteiger partial charge in [-0.05, 0) is 18.6 Å². The molecule has 19 heavy (non-hydrogen) atoms. The van der Waals surface area contributed by atoms with Crippen molar-refractivity contribution in [3.8, 4) is 0 Å². The van der Waals surface area contributed by atoms with Crippen molar-refractivity contribution < 1.29 is 4.79 Å². The number of fused-ring (bicyclic) bond motifs is 1. The highest BCUT2D eigenvalue weighted by Gasteiger charge is 2.14. The topological polar surface area (TPSA) is 32.9 Å². The first kappa shape index (κ1) is 11.7. The number of ketones is 1. The number of rotatable bonds is 3. The Morgan fingerprint density at radius 1 is 1.00 bits per heavy atom. The molecule has 2 nitrogen and oxygen atoms in total. The van der Waals surface area contributed by atoms with Gasteiger partial charge >= 0.3 is 0 Å². The molecule has 2 heteroatoms. The lowest BCUT2D eigenvalue weighted by Crippen LogP contribution is -1.98. The zero-order valence-electron chi connectivity index (χ0n) is 10.8. The van der Waals surface area contributed by atoms with Crippen molar-refractivity contribution in [3.05, 3.63) is 71.4 Å². The number of para-hydroxylation sites is 1. The Morgan fingerprint density at radius 3 is 2.42 bits per heavy atom. The van der Waals surface area contributed by atoms with Crippen LogP contribution in [0.25, 0.3) is 10.9 Å². The van der Waals surface area contributed by atoms with Crippen LogP contribution in [0.5, 0.6) is 0 Å². The van der Waals surface area contributed by atoms with E-state index in [9.17, 15) is 4.79 Å². The molecule has 0 radical (unpaired) electrons. The highest BCUT2D eigenvalue weighted by molar-refractivity contribution is 6.08. The Balaban J connectivity index is 2.13. The smallest absolute Gasteiger partial charge is 0.162 e. The van der Waals surface area contributed by atoms with E-state index >= 15 is 0 Å². The van der Waals surface area contributed by atoms with Crippen molar-refractivity contribution in [1.29, 1.82) is 0 Å².